The second-order valence-electron chi connectivity index (χ2n) is 6.24. The van der Waals surface area contributed by atoms with Gasteiger partial charge in [0.05, 0.1) is 11.7 Å². The first-order valence-corrected chi connectivity index (χ1v) is 8.55. The summed E-state index contributed by atoms with van der Waals surface area (Å²) >= 11 is 0. The van der Waals surface area contributed by atoms with Crippen LogP contribution in [0.5, 0.6) is 0 Å². The van der Waals surface area contributed by atoms with Gasteiger partial charge in [-0.05, 0) is 24.5 Å². The first-order valence-electron chi connectivity index (χ1n) is 8.55. The molecule has 2 aromatic carbocycles. The molecule has 0 aliphatic carbocycles. The molecule has 0 saturated carbocycles. The minimum atomic E-state index is 0.0104. The van der Waals surface area contributed by atoms with Crippen LogP contribution in [-0.4, -0.2) is 15.7 Å². The highest BCUT2D eigenvalue weighted by Gasteiger charge is 2.13. The van der Waals surface area contributed by atoms with E-state index in [0.717, 1.165) is 22.4 Å². The fraction of sp³-hybridized carbons (Fsp3) is 0.238. The summed E-state index contributed by atoms with van der Waals surface area (Å²) in [6.45, 7) is 2.01. The largest absolute Gasteiger partial charge is 0.350 e. The first kappa shape index (κ1) is 17.0. The Morgan fingerprint density at radius 2 is 1.72 bits per heavy atom. The molecule has 4 heteroatoms. The Morgan fingerprint density at radius 1 is 1.08 bits per heavy atom. The molecule has 1 aromatic heterocycles. The Labute approximate surface area is 148 Å². The molecule has 3 aromatic rings. The smallest absolute Gasteiger partial charge is 0.220 e. The highest BCUT2D eigenvalue weighted by molar-refractivity contribution is 5.77. The van der Waals surface area contributed by atoms with Gasteiger partial charge in [0.15, 0.2) is 0 Å². The number of hydrogen-bond donors (Lipinski definition) is 1. The van der Waals surface area contributed by atoms with Crippen molar-refractivity contribution in [2.75, 3.05) is 0 Å². The van der Waals surface area contributed by atoms with E-state index in [2.05, 4.69) is 10.4 Å². The molecule has 0 aliphatic rings. The molecule has 0 saturated heterocycles. The number of aromatic nitrogens is 2. The molecule has 0 unspecified atom stereocenters. The molecule has 0 spiro atoms. The Hall–Kier alpha value is -2.88. The third-order valence-electron chi connectivity index (χ3n) is 4.25. The normalized spacial score (nSPS) is 11.9. The average Bonchev–Trinajstić information content (AvgIpc) is 3.02. The summed E-state index contributed by atoms with van der Waals surface area (Å²) < 4.78 is 1.81. The monoisotopic (exact) mass is 333 g/mol. The lowest BCUT2D eigenvalue weighted by Gasteiger charge is -2.14. The average molecular weight is 333 g/mol. The van der Waals surface area contributed by atoms with Gasteiger partial charge in [-0.25, -0.2) is 0 Å². The van der Waals surface area contributed by atoms with Crippen molar-refractivity contribution in [3.05, 3.63) is 78.0 Å². The molecule has 1 atom stereocenters. The van der Waals surface area contributed by atoms with Crippen LogP contribution in [0.4, 0.5) is 0 Å². The van der Waals surface area contributed by atoms with Crippen LogP contribution < -0.4 is 5.32 Å². The SMILES string of the molecule is C[C@@H](NC(=O)CCc1cn(C)nc1-c1ccccc1)c1ccccc1. The van der Waals surface area contributed by atoms with Crippen LogP contribution in [0.2, 0.25) is 0 Å². The van der Waals surface area contributed by atoms with Crippen LogP contribution in [-0.2, 0) is 18.3 Å². The number of carbonyl (C=O) groups is 1. The maximum atomic E-state index is 12.3. The quantitative estimate of drug-likeness (QED) is 0.744. The van der Waals surface area contributed by atoms with Gasteiger partial charge in [-0.2, -0.15) is 5.10 Å². The van der Waals surface area contributed by atoms with Gasteiger partial charge in [-0.1, -0.05) is 60.7 Å². The van der Waals surface area contributed by atoms with Crippen LogP contribution in [0.1, 0.15) is 30.5 Å². The summed E-state index contributed by atoms with van der Waals surface area (Å²) in [6, 6.07) is 20.1. The lowest BCUT2D eigenvalue weighted by Crippen LogP contribution is -2.26. The van der Waals surface area contributed by atoms with Gasteiger partial charge < -0.3 is 5.32 Å². The highest BCUT2D eigenvalue weighted by atomic mass is 16.1. The molecular weight excluding hydrogens is 310 g/mol. The van der Waals surface area contributed by atoms with E-state index in [1.807, 2.05) is 85.5 Å². The maximum absolute atomic E-state index is 12.3. The minimum absolute atomic E-state index is 0.0104. The molecule has 1 amide bonds. The molecule has 25 heavy (non-hydrogen) atoms. The molecule has 3 rings (SSSR count). The third-order valence-corrected chi connectivity index (χ3v) is 4.25. The van der Waals surface area contributed by atoms with Crippen molar-refractivity contribution in [3.8, 4) is 11.3 Å². The van der Waals surface area contributed by atoms with Crippen molar-refractivity contribution in [3.63, 3.8) is 0 Å². The predicted octanol–water partition coefficient (Wildman–Crippen LogP) is 3.90. The van der Waals surface area contributed by atoms with Gasteiger partial charge in [-0.3, -0.25) is 9.48 Å². The van der Waals surface area contributed by atoms with Crippen LogP contribution in [0.3, 0.4) is 0 Å². The molecule has 0 fully saturated rings. The standard InChI is InChI=1S/C21H23N3O/c1-16(17-9-5-3-6-10-17)22-20(25)14-13-19-15-24(2)23-21(19)18-11-7-4-8-12-18/h3-12,15-16H,13-14H2,1-2H3,(H,22,25)/t16-/m1/s1. The van der Waals surface area contributed by atoms with E-state index in [9.17, 15) is 4.79 Å². The first-order chi connectivity index (χ1) is 12.1. The minimum Gasteiger partial charge on any atom is -0.350 e. The van der Waals surface area contributed by atoms with Gasteiger partial charge in [0, 0.05) is 25.2 Å². The zero-order chi connectivity index (χ0) is 17.6. The second kappa shape index (κ2) is 7.79. The Bertz CT molecular complexity index is 825. The number of nitrogens with zero attached hydrogens (tertiary/aromatic N) is 2. The molecule has 1 N–H and O–H groups in total. The van der Waals surface area contributed by atoms with Crippen LogP contribution in [0, 0.1) is 0 Å². The zero-order valence-corrected chi connectivity index (χ0v) is 14.6. The lowest BCUT2D eigenvalue weighted by molar-refractivity contribution is -0.121. The number of aryl methyl sites for hydroxylation is 2. The van der Waals surface area contributed by atoms with E-state index in [1.165, 1.54) is 0 Å². The number of hydrogen-bond acceptors (Lipinski definition) is 2. The Balaban J connectivity index is 1.63. The maximum Gasteiger partial charge on any atom is 0.220 e. The molecule has 4 nitrogen and oxygen atoms in total. The highest BCUT2D eigenvalue weighted by Crippen LogP contribution is 2.22. The van der Waals surface area contributed by atoms with Crippen molar-refractivity contribution in [2.24, 2.45) is 7.05 Å². The topological polar surface area (TPSA) is 46.9 Å². The molecule has 0 radical (unpaired) electrons. The van der Waals surface area contributed by atoms with E-state index in [-0.39, 0.29) is 11.9 Å². The van der Waals surface area contributed by atoms with Crippen LogP contribution in [0.25, 0.3) is 11.3 Å². The van der Waals surface area contributed by atoms with E-state index < -0.39 is 0 Å². The number of amides is 1. The summed E-state index contributed by atoms with van der Waals surface area (Å²) in [5.41, 5.74) is 4.24. The van der Waals surface area contributed by atoms with Crippen LogP contribution in [0.15, 0.2) is 66.9 Å². The number of rotatable bonds is 6. The predicted molar refractivity (Wildman–Crippen MR) is 100.0 cm³/mol. The van der Waals surface area contributed by atoms with Gasteiger partial charge in [0.25, 0.3) is 0 Å². The van der Waals surface area contributed by atoms with E-state index in [0.29, 0.717) is 12.8 Å². The Kier molecular flexibility index (Phi) is 5.29. The van der Waals surface area contributed by atoms with Crippen LogP contribution >= 0.6 is 0 Å². The van der Waals surface area contributed by atoms with Gasteiger partial charge in [0.1, 0.15) is 0 Å². The molecular formula is C21H23N3O. The number of carbonyl (C=O) groups excluding carboxylic acids is 1. The van der Waals surface area contributed by atoms with E-state index in [1.54, 1.807) is 0 Å². The lowest BCUT2D eigenvalue weighted by atomic mass is 10.0. The molecule has 0 aliphatic heterocycles. The van der Waals surface area contributed by atoms with Gasteiger partial charge >= 0.3 is 0 Å². The summed E-state index contributed by atoms with van der Waals surface area (Å²) in [7, 11) is 1.91. The van der Waals surface area contributed by atoms with Crippen molar-refractivity contribution in [1.82, 2.24) is 15.1 Å². The van der Waals surface area contributed by atoms with E-state index >= 15 is 0 Å². The zero-order valence-electron chi connectivity index (χ0n) is 14.6. The fourth-order valence-electron chi connectivity index (χ4n) is 2.95. The van der Waals surface area contributed by atoms with Crippen molar-refractivity contribution in [2.45, 2.75) is 25.8 Å². The second-order valence-corrected chi connectivity index (χ2v) is 6.24. The van der Waals surface area contributed by atoms with Crippen molar-refractivity contribution in [1.29, 1.82) is 0 Å². The fourth-order valence-corrected chi connectivity index (χ4v) is 2.95. The van der Waals surface area contributed by atoms with Crippen molar-refractivity contribution < 1.29 is 4.79 Å². The number of benzene rings is 2. The summed E-state index contributed by atoms with van der Waals surface area (Å²) in [6.07, 6.45) is 3.12. The van der Waals surface area contributed by atoms with E-state index in [4.69, 9.17) is 0 Å². The summed E-state index contributed by atoms with van der Waals surface area (Å²) in [5, 5.41) is 7.62. The molecule has 0 bridgehead atoms. The van der Waals surface area contributed by atoms with Gasteiger partial charge in [-0.15, -0.1) is 0 Å². The summed E-state index contributed by atoms with van der Waals surface area (Å²) in [5.74, 6) is 0.0548. The third kappa shape index (κ3) is 4.35. The Morgan fingerprint density at radius 3 is 2.40 bits per heavy atom. The molecule has 128 valence electrons. The summed E-state index contributed by atoms with van der Waals surface area (Å²) in [4.78, 5) is 12.3. The van der Waals surface area contributed by atoms with Gasteiger partial charge in [0.2, 0.25) is 5.91 Å². The van der Waals surface area contributed by atoms with Crippen molar-refractivity contribution >= 4 is 5.91 Å². The molecule has 1 heterocycles. The number of nitrogens with one attached hydrogen (secondary N) is 1.